The van der Waals surface area contributed by atoms with Crippen molar-refractivity contribution in [1.82, 2.24) is 10.3 Å². The maximum atomic E-state index is 12.2. The lowest BCUT2D eigenvalue weighted by molar-refractivity contribution is -0.127. The Morgan fingerprint density at radius 1 is 1.45 bits per heavy atom. The first-order valence-corrected chi connectivity index (χ1v) is 8.41. The molecule has 1 fully saturated rings. The molecular formula is C15H25N3OS. The highest BCUT2D eigenvalue weighted by Gasteiger charge is 2.34. The van der Waals surface area contributed by atoms with E-state index in [9.17, 15) is 4.79 Å². The highest BCUT2D eigenvalue weighted by molar-refractivity contribution is 7.09. The number of aromatic nitrogens is 1. The van der Waals surface area contributed by atoms with Crippen molar-refractivity contribution in [2.24, 2.45) is 5.73 Å². The van der Waals surface area contributed by atoms with Crippen LogP contribution in [0, 0.1) is 0 Å². The van der Waals surface area contributed by atoms with Gasteiger partial charge in [0, 0.05) is 24.3 Å². The summed E-state index contributed by atoms with van der Waals surface area (Å²) in [6.07, 6.45) is 5.73. The van der Waals surface area contributed by atoms with Crippen LogP contribution in [0.5, 0.6) is 0 Å². The fourth-order valence-electron chi connectivity index (χ4n) is 2.59. The van der Waals surface area contributed by atoms with Crippen molar-refractivity contribution in [2.45, 2.75) is 63.8 Å². The van der Waals surface area contributed by atoms with E-state index >= 15 is 0 Å². The smallest absolute Gasteiger partial charge is 0.240 e. The number of hydrogen-bond donors (Lipinski definition) is 2. The molecule has 0 aromatic carbocycles. The summed E-state index contributed by atoms with van der Waals surface area (Å²) in [6.45, 7) is 4.91. The third kappa shape index (κ3) is 3.79. The molecule has 0 spiro atoms. The maximum Gasteiger partial charge on any atom is 0.240 e. The van der Waals surface area contributed by atoms with Crippen LogP contribution in [0.1, 0.15) is 62.6 Å². The Morgan fingerprint density at radius 2 is 2.15 bits per heavy atom. The van der Waals surface area contributed by atoms with Crippen LogP contribution in [-0.4, -0.2) is 23.0 Å². The van der Waals surface area contributed by atoms with Gasteiger partial charge in [-0.1, -0.05) is 33.1 Å². The van der Waals surface area contributed by atoms with Gasteiger partial charge in [0.2, 0.25) is 5.91 Å². The predicted molar refractivity (Wildman–Crippen MR) is 82.9 cm³/mol. The molecule has 3 N–H and O–H groups in total. The quantitative estimate of drug-likeness (QED) is 0.877. The van der Waals surface area contributed by atoms with Gasteiger partial charge in [0.15, 0.2) is 0 Å². The zero-order valence-corrected chi connectivity index (χ0v) is 13.3. The highest BCUT2D eigenvalue weighted by atomic mass is 32.1. The molecule has 0 atom stereocenters. The third-order valence-electron chi connectivity index (χ3n) is 3.93. The highest BCUT2D eigenvalue weighted by Crippen LogP contribution is 2.26. The Hall–Kier alpha value is -0.940. The second kappa shape index (κ2) is 6.68. The lowest BCUT2D eigenvalue weighted by atomic mass is 9.82. The van der Waals surface area contributed by atoms with Crippen molar-refractivity contribution in [1.29, 1.82) is 0 Å². The minimum Gasteiger partial charge on any atom is -0.354 e. The third-order valence-corrected chi connectivity index (χ3v) is 5.12. The standard InChI is InChI=1S/C15H25N3OS/c1-11(2)13-18-12(10-20-13)6-9-17-14(19)15(16)7-4-3-5-8-15/h10-11H,3-9,16H2,1-2H3,(H,17,19). The van der Waals surface area contributed by atoms with Crippen molar-refractivity contribution in [3.05, 3.63) is 16.1 Å². The molecule has 1 aliphatic rings. The molecule has 1 heterocycles. The number of amides is 1. The molecule has 112 valence electrons. The molecule has 0 radical (unpaired) electrons. The van der Waals surface area contributed by atoms with Crippen LogP contribution < -0.4 is 11.1 Å². The van der Waals surface area contributed by atoms with E-state index in [1.807, 2.05) is 0 Å². The van der Waals surface area contributed by atoms with Crippen LogP contribution in [0.3, 0.4) is 0 Å². The first-order chi connectivity index (χ1) is 9.51. The maximum absolute atomic E-state index is 12.2. The van der Waals surface area contributed by atoms with Crippen molar-refractivity contribution >= 4 is 17.2 Å². The zero-order chi connectivity index (χ0) is 14.6. The summed E-state index contributed by atoms with van der Waals surface area (Å²) in [5, 5.41) is 6.23. The number of nitrogens with zero attached hydrogens (tertiary/aromatic N) is 1. The van der Waals surface area contributed by atoms with E-state index in [0.29, 0.717) is 12.5 Å². The minimum absolute atomic E-state index is 0.0107. The number of carbonyl (C=O) groups is 1. The lowest BCUT2D eigenvalue weighted by Crippen LogP contribution is -2.55. The second-order valence-electron chi connectivity index (χ2n) is 6.05. The minimum atomic E-state index is -0.635. The Bertz CT molecular complexity index is 450. The largest absolute Gasteiger partial charge is 0.354 e. The average molecular weight is 295 g/mol. The number of rotatable bonds is 5. The molecular weight excluding hydrogens is 270 g/mol. The Morgan fingerprint density at radius 3 is 2.75 bits per heavy atom. The zero-order valence-electron chi connectivity index (χ0n) is 12.4. The summed E-state index contributed by atoms with van der Waals surface area (Å²) in [7, 11) is 0. The summed E-state index contributed by atoms with van der Waals surface area (Å²) < 4.78 is 0. The number of hydrogen-bond acceptors (Lipinski definition) is 4. The fraction of sp³-hybridized carbons (Fsp3) is 0.733. The molecule has 0 bridgehead atoms. The van der Waals surface area contributed by atoms with E-state index in [-0.39, 0.29) is 5.91 Å². The molecule has 0 saturated heterocycles. The van der Waals surface area contributed by atoms with Gasteiger partial charge in [0.25, 0.3) is 0 Å². The van der Waals surface area contributed by atoms with E-state index in [2.05, 4.69) is 29.5 Å². The van der Waals surface area contributed by atoms with E-state index in [1.54, 1.807) is 11.3 Å². The average Bonchev–Trinajstić information content (AvgIpc) is 2.88. The summed E-state index contributed by atoms with van der Waals surface area (Å²) in [5.74, 6) is 0.481. The van der Waals surface area contributed by atoms with Gasteiger partial charge >= 0.3 is 0 Å². The van der Waals surface area contributed by atoms with E-state index in [1.165, 1.54) is 6.42 Å². The van der Waals surface area contributed by atoms with Crippen LogP contribution in [0.25, 0.3) is 0 Å². The van der Waals surface area contributed by atoms with Gasteiger partial charge in [-0.15, -0.1) is 11.3 Å². The number of carbonyl (C=O) groups excluding carboxylic acids is 1. The van der Waals surface area contributed by atoms with Gasteiger partial charge < -0.3 is 11.1 Å². The van der Waals surface area contributed by atoms with E-state index in [0.717, 1.165) is 42.8 Å². The van der Waals surface area contributed by atoms with Gasteiger partial charge in [-0.25, -0.2) is 4.98 Å². The monoisotopic (exact) mass is 295 g/mol. The van der Waals surface area contributed by atoms with E-state index in [4.69, 9.17) is 5.73 Å². The molecule has 1 amide bonds. The normalized spacial score (nSPS) is 18.2. The lowest BCUT2D eigenvalue weighted by Gasteiger charge is -2.31. The van der Waals surface area contributed by atoms with Gasteiger partial charge in [0.05, 0.1) is 16.2 Å². The molecule has 0 unspecified atom stereocenters. The molecule has 1 saturated carbocycles. The first-order valence-electron chi connectivity index (χ1n) is 7.53. The van der Waals surface area contributed by atoms with Crippen LogP contribution in [0.4, 0.5) is 0 Å². The second-order valence-corrected chi connectivity index (χ2v) is 6.94. The fourth-order valence-corrected chi connectivity index (χ4v) is 3.46. The predicted octanol–water partition coefficient (Wildman–Crippen LogP) is 2.59. The Balaban J connectivity index is 1.78. The summed E-state index contributed by atoms with van der Waals surface area (Å²) in [5.41, 5.74) is 6.63. The van der Waals surface area contributed by atoms with Gasteiger partial charge in [0.1, 0.15) is 0 Å². The molecule has 1 aliphatic carbocycles. The summed E-state index contributed by atoms with van der Waals surface area (Å²) in [6, 6.07) is 0. The SMILES string of the molecule is CC(C)c1nc(CCNC(=O)C2(N)CCCCC2)cs1. The molecule has 20 heavy (non-hydrogen) atoms. The molecule has 1 aromatic rings. The number of thiazole rings is 1. The Kier molecular flexibility index (Phi) is 5.16. The van der Waals surface area contributed by atoms with Gasteiger partial charge in [-0.2, -0.15) is 0 Å². The van der Waals surface area contributed by atoms with Crippen LogP contribution >= 0.6 is 11.3 Å². The summed E-state index contributed by atoms with van der Waals surface area (Å²) >= 11 is 1.70. The molecule has 0 aliphatic heterocycles. The molecule has 1 aromatic heterocycles. The van der Waals surface area contributed by atoms with E-state index < -0.39 is 5.54 Å². The van der Waals surface area contributed by atoms with Crippen molar-refractivity contribution in [3.8, 4) is 0 Å². The van der Waals surface area contributed by atoms with Crippen molar-refractivity contribution in [2.75, 3.05) is 6.54 Å². The van der Waals surface area contributed by atoms with Gasteiger partial charge in [-0.3, -0.25) is 4.79 Å². The van der Waals surface area contributed by atoms with Crippen molar-refractivity contribution in [3.63, 3.8) is 0 Å². The molecule has 5 heteroatoms. The van der Waals surface area contributed by atoms with Crippen LogP contribution in [0.2, 0.25) is 0 Å². The van der Waals surface area contributed by atoms with Crippen LogP contribution in [0.15, 0.2) is 5.38 Å². The van der Waals surface area contributed by atoms with Crippen LogP contribution in [-0.2, 0) is 11.2 Å². The van der Waals surface area contributed by atoms with Gasteiger partial charge in [-0.05, 0) is 12.8 Å². The molecule has 2 rings (SSSR count). The topological polar surface area (TPSA) is 68.0 Å². The molecule has 4 nitrogen and oxygen atoms in total. The number of nitrogens with one attached hydrogen (secondary N) is 1. The van der Waals surface area contributed by atoms with Crippen molar-refractivity contribution < 1.29 is 4.79 Å². The number of nitrogens with two attached hydrogens (primary N) is 1. The first kappa shape index (κ1) is 15.4. The summed E-state index contributed by atoms with van der Waals surface area (Å²) in [4.78, 5) is 16.7. The Labute approximate surface area is 125 Å².